The molecule has 0 aromatic carbocycles. The molecule has 0 aromatic heterocycles. The van der Waals surface area contributed by atoms with Crippen molar-refractivity contribution in [2.45, 2.75) is 6.04 Å². The van der Waals surface area contributed by atoms with Crippen molar-refractivity contribution in [1.29, 1.82) is 0 Å². The van der Waals surface area contributed by atoms with Crippen molar-refractivity contribution in [1.82, 2.24) is 10.6 Å². The first kappa shape index (κ1) is 11.0. The first-order valence-electron chi connectivity index (χ1n) is 3.40. The molecule has 0 rings (SSSR count). The van der Waals surface area contributed by atoms with Crippen molar-refractivity contribution >= 4 is 23.9 Å². The fourth-order valence-corrected chi connectivity index (χ4v) is 0.781. The van der Waals surface area contributed by atoms with Crippen molar-refractivity contribution < 1.29 is 9.59 Å². The molecule has 0 saturated heterocycles. The van der Waals surface area contributed by atoms with Crippen LogP contribution >= 0.6 is 11.6 Å². The molecule has 0 heterocycles. The van der Waals surface area contributed by atoms with E-state index >= 15 is 0 Å². The lowest BCUT2D eigenvalue weighted by Crippen LogP contribution is -2.42. The van der Waals surface area contributed by atoms with E-state index in [0.717, 1.165) is 6.08 Å². The normalized spacial score (nSPS) is 11.4. The highest BCUT2D eigenvalue weighted by atomic mass is 35.5. The van der Waals surface area contributed by atoms with Crippen LogP contribution in [0.25, 0.3) is 0 Å². The molecule has 12 heavy (non-hydrogen) atoms. The molecule has 1 atom stereocenters. The molecule has 2 N–H and O–H groups in total. The number of hydrogen-bond donors (Lipinski definition) is 2. The van der Waals surface area contributed by atoms with Gasteiger partial charge in [-0.05, 0) is 6.08 Å². The zero-order chi connectivity index (χ0) is 9.40. The van der Waals surface area contributed by atoms with Crippen LogP contribution in [0.5, 0.6) is 0 Å². The number of alkyl halides is 1. The molecule has 2 amide bonds. The van der Waals surface area contributed by atoms with E-state index in [0.29, 0.717) is 13.0 Å². The summed E-state index contributed by atoms with van der Waals surface area (Å²) in [6.45, 7) is 3.61. The van der Waals surface area contributed by atoms with Gasteiger partial charge >= 0.3 is 0 Å². The van der Waals surface area contributed by atoms with E-state index < -0.39 is 0 Å². The molecule has 68 valence electrons. The van der Waals surface area contributed by atoms with Crippen LogP contribution in [0.4, 0.5) is 0 Å². The number of carbonyl (C=O) groups is 2. The molecule has 0 radical (unpaired) electrons. The Kier molecular flexibility index (Phi) is 6.09. The highest BCUT2D eigenvalue weighted by Crippen LogP contribution is 1.86. The Labute approximate surface area is 76.0 Å². The first-order chi connectivity index (χ1) is 5.74. The third-order valence-corrected chi connectivity index (χ3v) is 1.54. The van der Waals surface area contributed by atoms with E-state index in [2.05, 4.69) is 17.2 Å². The second-order valence-corrected chi connectivity index (χ2v) is 2.40. The lowest BCUT2D eigenvalue weighted by atomic mass is 10.3. The highest BCUT2D eigenvalue weighted by molar-refractivity contribution is 6.18. The average molecular weight is 191 g/mol. The number of rotatable bonds is 6. The summed E-state index contributed by atoms with van der Waals surface area (Å²) in [6.07, 6.45) is 1.71. The number of nitrogens with one attached hydrogen (secondary N) is 2. The van der Waals surface area contributed by atoms with Gasteiger partial charge in [0.15, 0.2) is 0 Å². The topological polar surface area (TPSA) is 58.2 Å². The van der Waals surface area contributed by atoms with Crippen molar-refractivity contribution in [2.75, 3.05) is 12.4 Å². The minimum Gasteiger partial charge on any atom is -0.357 e. The van der Waals surface area contributed by atoms with E-state index in [-0.39, 0.29) is 17.8 Å². The van der Waals surface area contributed by atoms with Gasteiger partial charge in [0.1, 0.15) is 0 Å². The standard InChI is InChI=1S/C7H11ClN2O2/c1-2-7(12)10-6(3-8)4-9-5-11/h2,5-6H,1,3-4H2,(H,9,11)(H,10,12). The van der Waals surface area contributed by atoms with Crippen LogP contribution < -0.4 is 10.6 Å². The summed E-state index contributed by atoms with van der Waals surface area (Å²) in [5.74, 6) is -0.0474. The quantitative estimate of drug-likeness (QED) is 0.342. The number of carbonyl (C=O) groups excluding carboxylic acids is 2. The Hall–Kier alpha value is -1.03. The highest BCUT2D eigenvalue weighted by Gasteiger charge is 2.07. The summed E-state index contributed by atoms with van der Waals surface area (Å²) in [5, 5.41) is 4.96. The minimum atomic E-state index is -0.298. The lowest BCUT2D eigenvalue weighted by Gasteiger charge is -2.13. The maximum atomic E-state index is 10.7. The van der Waals surface area contributed by atoms with E-state index in [1.165, 1.54) is 0 Å². The van der Waals surface area contributed by atoms with Gasteiger partial charge in [-0.25, -0.2) is 0 Å². The van der Waals surface area contributed by atoms with Gasteiger partial charge < -0.3 is 10.6 Å². The van der Waals surface area contributed by atoms with Crippen LogP contribution in [-0.4, -0.2) is 30.8 Å². The maximum absolute atomic E-state index is 10.7. The fourth-order valence-electron chi connectivity index (χ4n) is 0.595. The molecule has 4 nitrogen and oxygen atoms in total. The van der Waals surface area contributed by atoms with Gasteiger partial charge in [-0.2, -0.15) is 0 Å². The van der Waals surface area contributed by atoms with Crippen LogP contribution in [0.2, 0.25) is 0 Å². The van der Waals surface area contributed by atoms with Gasteiger partial charge in [-0.15, -0.1) is 11.6 Å². The molecule has 1 unspecified atom stereocenters. The van der Waals surface area contributed by atoms with Crippen molar-refractivity contribution in [3.63, 3.8) is 0 Å². The van der Waals surface area contributed by atoms with Gasteiger partial charge in [0.05, 0.1) is 6.04 Å². The van der Waals surface area contributed by atoms with E-state index in [4.69, 9.17) is 11.6 Å². The van der Waals surface area contributed by atoms with Gasteiger partial charge in [0, 0.05) is 12.4 Å². The third kappa shape index (κ3) is 4.73. The summed E-state index contributed by atoms with van der Waals surface area (Å²) >= 11 is 5.50. The second-order valence-electron chi connectivity index (χ2n) is 2.09. The van der Waals surface area contributed by atoms with Crippen LogP contribution in [0.3, 0.4) is 0 Å². The molecule has 5 heteroatoms. The monoisotopic (exact) mass is 190 g/mol. The van der Waals surface area contributed by atoms with Crippen LogP contribution in [0.15, 0.2) is 12.7 Å². The largest absolute Gasteiger partial charge is 0.357 e. The SMILES string of the molecule is C=CC(=O)NC(CCl)CNC=O. The van der Waals surface area contributed by atoms with Crippen LogP contribution in [-0.2, 0) is 9.59 Å². The summed E-state index contributed by atoms with van der Waals surface area (Å²) in [7, 11) is 0. The predicted molar refractivity (Wildman–Crippen MR) is 46.9 cm³/mol. The molecule has 0 spiro atoms. The zero-order valence-corrected chi connectivity index (χ0v) is 7.30. The van der Waals surface area contributed by atoms with Gasteiger partial charge in [-0.1, -0.05) is 6.58 Å². The average Bonchev–Trinajstić information content (AvgIpc) is 2.11. The Morgan fingerprint density at radius 2 is 2.33 bits per heavy atom. The Bertz CT molecular complexity index is 173. The summed E-state index contributed by atoms with van der Waals surface area (Å²) < 4.78 is 0. The summed E-state index contributed by atoms with van der Waals surface area (Å²) in [5.41, 5.74) is 0. The number of hydrogen-bond acceptors (Lipinski definition) is 2. The second kappa shape index (κ2) is 6.67. The van der Waals surface area contributed by atoms with Gasteiger partial charge in [-0.3, -0.25) is 9.59 Å². The maximum Gasteiger partial charge on any atom is 0.243 e. The number of halogens is 1. The molecule has 0 aliphatic heterocycles. The van der Waals surface area contributed by atoms with E-state index in [1.54, 1.807) is 0 Å². The molecule has 0 bridgehead atoms. The molecular weight excluding hydrogens is 180 g/mol. The Balaban J connectivity index is 3.73. The molecular formula is C7H11ClN2O2. The van der Waals surface area contributed by atoms with Crippen molar-refractivity contribution in [2.24, 2.45) is 0 Å². The Morgan fingerprint density at radius 3 is 2.75 bits per heavy atom. The van der Waals surface area contributed by atoms with Gasteiger partial charge in [0.2, 0.25) is 12.3 Å². The summed E-state index contributed by atoms with van der Waals surface area (Å²) in [6, 6.07) is -0.248. The van der Waals surface area contributed by atoms with Crippen LogP contribution in [0.1, 0.15) is 0 Å². The van der Waals surface area contributed by atoms with Gasteiger partial charge in [0.25, 0.3) is 0 Å². The molecule has 0 aromatic rings. The summed E-state index contributed by atoms with van der Waals surface area (Å²) in [4.78, 5) is 20.6. The number of amides is 2. The molecule has 0 fully saturated rings. The lowest BCUT2D eigenvalue weighted by molar-refractivity contribution is -0.117. The smallest absolute Gasteiger partial charge is 0.243 e. The fraction of sp³-hybridized carbons (Fsp3) is 0.429. The van der Waals surface area contributed by atoms with E-state index in [1.807, 2.05) is 0 Å². The van der Waals surface area contributed by atoms with E-state index in [9.17, 15) is 9.59 Å². The molecule has 0 aliphatic rings. The zero-order valence-electron chi connectivity index (χ0n) is 6.55. The first-order valence-corrected chi connectivity index (χ1v) is 3.94. The van der Waals surface area contributed by atoms with Crippen molar-refractivity contribution in [3.8, 4) is 0 Å². The minimum absolute atomic E-state index is 0.248. The third-order valence-electron chi connectivity index (χ3n) is 1.17. The predicted octanol–water partition coefficient (Wildman–Crippen LogP) is -0.358. The van der Waals surface area contributed by atoms with Crippen LogP contribution in [0, 0.1) is 0 Å². The Morgan fingerprint density at radius 1 is 1.67 bits per heavy atom. The van der Waals surface area contributed by atoms with Crippen molar-refractivity contribution in [3.05, 3.63) is 12.7 Å². The molecule has 0 aliphatic carbocycles. The molecule has 0 saturated carbocycles.